The van der Waals surface area contributed by atoms with Gasteiger partial charge in [0.1, 0.15) is 0 Å². The quantitative estimate of drug-likeness (QED) is 0.0641. The second kappa shape index (κ2) is 15.9. The van der Waals surface area contributed by atoms with Gasteiger partial charge in [-0.05, 0) is 65.4 Å². The number of hydrogen-bond donors (Lipinski definition) is 1. The van der Waals surface area contributed by atoms with Crippen molar-refractivity contribution < 1.29 is 0 Å². The summed E-state index contributed by atoms with van der Waals surface area (Å²) in [5.41, 5.74) is 12.3. The van der Waals surface area contributed by atoms with Crippen LogP contribution in [0.1, 0.15) is 30.0 Å². The van der Waals surface area contributed by atoms with Gasteiger partial charge in [0, 0.05) is 42.8 Å². The maximum absolute atomic E-state index is 4.82. The molecule has 5 rings (SSSR count). The number of nitrogens with one attached hydrogen (secondary N) is 1. The van der Waals surface area contributed by atoms with Crippen LogP contribution in [0, 0.1) is 0 Å². The lowest BCUT2D eigenvalue weighted by Crippen LogP contribution is -2.32. The molecule has 5 aromatic rings. The fraction of sp³-hybridized carbons (Fsp3) is 0.146. The lowest BCUT2D eigenvalue weighted by Gasteiger charge is -2.29. The van der Waals surface area contributed by atoms with Crippen molar-refractivity contribution in [3.8, 4) is 11.1 Å². The molecule has 0 radical (unpaired) electrons. The molecule has 1 N–H and O–H groups in total. The first-order valence-corrected chi connectivity index (χ1v) is 15.6. The Morgan fingerprint density at radius 3 is 2.00 bits per heavy atom. The van der Waals surface area contributed by atoms with Gasteiger partial charge in [0.15, 0.2) is 5.84 Å². The normalized spacial score (nSPS) is 11.4. The molecule has 0 aliphatic rings. The van der Waals surface area contributed by atoms with Crippen molar-refractivity contribution in [2.75, 3.05) is 23.4 Å². The number of hydrogen-bond acceptors (Lipinski definition) is 3. The van der Waals surface area contributed by atoms with E-state index in [1.165, 1.54) is 27.9 Å². The highest BCUT2D eigenvalue weighted by molar-refractivity contribution is 6.10. The van der Waals surface area contributed by atoms with Gasteiger partial charge in [-0.1, -0.05) is 128 Å². The number of para-hydroxylation sites is 1. The Morgan fingerprint density at radius 1 is 0.711 bits per heavy atom. The lowest BCUT2D eigenvalue weighted by atomic mass is 10.0. The first-order valence-electron chi connectivity index (χ1n) is 15.6. The van der Waals surface area contributed by atoms with E-state index < -0.39 is 0 Å². The molecule has 0 saturated carbocycles. The highest BCUT2D eigenvalue weighted by Gasteiger charge is 2.19. The topological polar surface area (TPSA) is 30.9 Å². The van der Waals surface area contributed by atoms with Crippen LogP contribution in [-0.4, -0.2) is 19.4 Å². The van der Waals surface area contributed by atoms with Crippen molar-refractivity contribution in [3.63, 3.8) is 0 Å². The van der Waals surface area contributed by atoms with Gasteiger partial charge in [0.05, 0.1) is 0 Å². The largest absolute Gasteiger partial charge is 0.337 e. The van der Waals surface area contributed by atoms with Crippen molar-refractivity contribution in [1.82, 2.24) is 5.43 Å². The van der Waals surface area contributed by atoms with Gasteiger partial charge in [-0.15, -0.1) is 6.58 Å². The second-order valence-electron chi connectivity index (χ2n) is 10.8. The molecule has 0 unspecified atom stereocenters. The third-order valence-corrected chi connectivity index (χ3v) is 7.72. The Labute approximate surface area is 268 Å². The third kappa shape index (κ3) is 7.98. The third-order valence-electron chi connectivity index (χ3n) is 7.72. The van der Waals surface area contributed by atoms with Crippen LogP contribution < -0.4 is 15.2 Å². The van der Waals surface area contributed by atoms with E-state index >= 15 is 0 Å². The van der Waals surface area contributed by atoms with Crippen LogP contribution in [-0.2, 0) is 13.0 Å². The van der Waals surface area contributed by atoms with Crippen molar-refractivity contribution >= 4 is 22.9 Å². The molecule has 45 heavy (non-hydrogen) atoms. The van der Waals surface area contributed by atoms with E-state index in [1.807, 2.05) is 19.2 Å². The minimum absolute atomic E-state index is 0.673. The zero-order chi connectivity index (χ0) is 31.3. The Balaban J connectivity index is 1.53. The molecule has 0 spiro atoms. The molecule has 0 atom stereocenters. The number of benzene rings is 5. The molecule has 226 valence electrons. The van der Waals surface area contributed by atoms with E-state index in [1.54, 1.807) is 0 Å². The van der Waals surface area contributed by atoms with E-state index in [0.717, 1.165) is 42.2 Å². The van der Waals surface area contributed by atoms with Crippen LogP contribution in [0.25, 0.3) is 11.1 Å². The Morgan fingerprint density at radius 2 is 1.33 bits per heavy atom. The predicted octanol–water partition coefficient (Wildman–Crippen LogP) is 9.77. The molecule has 0 aliphatic heterocycles. The van der Waals surface area contributed by atoms with Crippen LogP contribution in [0.4, 0.5) is 17.1 Å². The lowest BCUT2D eigenvalue weighted by molar-refractivity contribution is 0.878. The summed E-state index contributed by atoms with van der Waals surface area (Å²) in [7, 11) is 1.85. The molecular formula is C41H42N4. The summed E-state index contributed by atoms with van der Waals surface area (Å²) < 4.78 is 0. The highest BCUT2D eigenvalue weighted by atomic mass is 15.3. The van der Waals surface area contributed by atoms with Crippen LogP contribution in [0.5, 0.6) is 0 Å². The molecule has 0 aromatic heterocycles. The maximum Gasteiger partial charge on any atom is 0.160 e. The van der Waals surface area contributed by atoms with Crippen LogP contribution in [0.3, 0.4) is 0 Å². The number of amidine groups is 1. The number of rotatable bonds is 13. The summed E-state index contributed by atoms with van der Waals surface area (Å²) in [4.78, 5) is 4.65. The van der Waals surface area contributed by atoms with Gasteiger partial charge < -0.3 is 15.2 Å². The minimum atomic E-state index is 0.673. The van der Waals surface area contributed by atoms with Crippen molar-refractivity contribution in [2.45, 2.75) is 26.3 Å². The molecule has 0 fully saturated rings. The molecule has 4 nitrogen and oxygen atoms in total. The van der Waals surface area contributed by atoms with Gasteiger partial charge in [-0.2, -0.15) is 5.10 Å². The summed E-state index contributed by atoms with van der Waals surface area (Å²) in [6.07, 6.45) is 8.27. The molecule has 4 heteroatoms. The van der Waals surface area contributed by atoms with Gasteiger partial charge >= 0.3 is 0 Å². The van der Waals surface area contributed by atoms with Crippen molar-refractivity contribution in [2.24, 2.45) is 5.10 Å². The smallest absolute Gasteiger partial charge is 0.160 e. The van der Waals surface area contributed by atoms with E-state index in [0.29, 0.717) is 6.54 Å². The van der Waals surface area contributed by atoms with E-state index in [4.69, 9.17) is 5.10 Å². The number of hydrazone groups is 1. The zero-order valence-electron chi connectivity index (χ0n) is 26.3. The van der Waals surface area contributed by atoms with E-state index in [2.05, 4.69) is 168 Å². The standard InChI is InChI=1S/C41H42N4/c1-4-6-15-31-44(40-22-14-13-21-36(40)16-5-2)38-27-29-39(30-28-38)45(32-33-17-9-7-10-18-33)41(43-42-3)37-25-23-35(24-26-37)34-19-11-8-12-20-34/h5-15,17-30,42H,2,4,16,31-32H2,1,3H3/b15-6-,43-41-. The van der Waals surface area contributed by atoms with Crippen LogP contribution in [0.15, 0.2) is 163 Å². The number of allylic oxidation sites excluding steroid dienone is 2. The second-order valence-corrected chi connectivity index (χ2v) is 10.8. The van der Waals surface area contributed by atoms with Crippen molar-refractivity contribution in [1.29, 1.82) is 0 Å². The fourth-order valence-corrected chi connectivity index (χ4v) is 5.49. The van der Waals surface area contributed by atoms with E-state index in [-0.39, 0.29) is 0 Å². The monoisotopic (exact) mass is 590 g/mol. The van der Waals surface area contributed by atoms with Gasteiger partial charge in [-0.3, -0.25) is 0 Å². The van der Waals surface area contributed by atoms with Crippen molar-refractivity contribution in [3.05, 3.63) is 175 Å². The average molecular weight is 591 g/mol. The SMILES string of the molecule is C=CCc1ccccc1N(C/C=C\CC)c1ccc(N(Cc2ccccc2)/C(=N\NC)c2ccc(-c3ccccc3)cc2)cc1. The maximum atomic E-state index is 4.82. The molecule has 0 bridgehead atoms. The summed E-state index contributed by atoms with van der Waals surface area (Å²) >= 11 is 0. The van der Waals surface area contributed by atoms with E-state index in [9.17, 15) is 0 Å². The Bertz CT molecular complexity index is 1690. The Kier molecular flexibility index (Phi) is 11.0. The molecule has 0 aliphatic carbocycles. The zero-order valence-corrected chi connectivity index (χ0v) is 26.3. The summed E-state index contributed by atoms with van der Waals surface area (Å²) in [5, 5.41) is 4.82. The molecule has 0 saturated heterocycles. The molecule has 5 aromatic carbocycles. The van der Waals surface area contributed by atoms with Crippen LogP contribution in [0.2, 0.25) is 0 Å². The molecule has 0 heterocycles. The average Bonchev–Trinajstić information content (AvgIpc) is 3.10. The Hall–Kier alpha value is -5.35. The molecular weight excluding hydrogens is 548 g/mol. The molecule has 0 amide bonds. The summed E-state index contributed by atoms with van der Waals surface area (Å²) in [5.74, 6) is 0.854. The number of anilines is 3. The van der Waals surface area contributed by atoms with Gasteiger partial charge in [-0.25, -0.2) is 0 Å². The van der Waals surface area contributed by atoms with Gasteiger partial charge in [0.25, 0.3) is 0 Å². The summed E-state index contributed by atoms with van der Waals surface area (Å²) in [6, 6.07) is 47.1. The first-order chi connectivity index (χ1) is 22.2. The summed E-state index contributed by atoms with van der Waals surface area (Å²) in [6.45, 7) is 7.62. The van der Waals surface area contributed by atoms with Gasteiger partial charge in [0.2, 0.25) is 0 Å². The first kappa shape index (κ1) is 31.1. The number of nitrogens with zero attached hydrogens (tertiary/aromatic N) is 3. The minimum Gasteiger partial charge on any atom is -0.337 e. The predicted molar refractivity (Wildman–Crippen MR) is 193 cm³/mol. The highest BCUT2D eigenvalue weighted by Crippen LogP contribution is 2.32. The van der Waals surface area contributed by atoms with Crippen LogP contribution >= 0.6 is 0 Å². The fourth-order valence-electron chi connectivity index (χ4n) is 5.49.